The van der Waals surface area contributed by atoms with E-state index in [4.69, 9.17) is 0 Å². The third-order valence-corrected chi connectivity index (χ3v) is 5.90. The van der Waals surface area contributed by atoms with Crippen LogP contribution >= 0.6 is 0 Å². The van der Waals surface area contributed by atoms with Crippen LogP contribution in [0.4, 0.5) is 5.82 Å². The summed E-state index contributed by atoms with van der Waals surface area (Å²) in [5, 5.41) is 2.83. The van der Waals surface area contributed by atoms with Crippen LogP contribution in [0.1, 0.15) is 12.8 Å². The fourth-order valence-electron chi connectivity index (χ4n) is 1.89. The number of hydrogen-bond donors (Lipinski definition) is 2. The zero-order valence-electron chi connectivity index (χ0n) is 10.6. The molecule has 106 valence electrons. The molecule has 0 aliphatic carbocycles. The van der Waals surface area contributed by atoms with Crippen LogP contribution in [0.25, 0.3) is 0 Å². The molecule has 1 fully saturated rings. The van der Waals surface area contributed by atoms with Gasteiger partial charge in [0.25, 0.3) is 0 Å². The summed E-state index contributed by atoms with van der Waals surface area (Å²) in [6.45, 7) is 0. The molecule has 0 saturated carbocycles. The van der Waals surface area contributed by atoms with Gasteiger partial charge in [0.05, 0.1) is 0 Å². The van der Waals surface area contributed by atoms with Crippen LogP contribution in [0.3, 0.4) is 0 Å². The molecule has 1 aromatic rings. The number of sulfonamides is 1. The van der Waals surface area contributed by atoms with E-state index in [1.165, 1.54) is 12.3 Å². The maximum Gasteiger partial charge on any atom is 0.242 e. The SMILES string of the molecule is CNc1ccc(S(=O)(=O)NC2CCS(=O)CC2)cn1. The summed E-state index contributed by atoms with van der Waals surface area (Å²) in [7, 11) is -2.62. The van der Waals surface area contributed by atoms with Crippen LogP contribution in [-0.4, -0.2) is 42.2 Å². The zero-order valence-corrected chi connectivity index (χ0v) is 12.3. The molecule has 0 atom stereocenters. The zero-order chi connectivity index (χ0) is 13.9. The number of pyridine rings is 1. The molecule has 0 unspecified atom stereocenters. The first-order valence-corrected chi connectivity index (χ1v) is 8.99. The largest absolute Gasteiger partial charge is 0.373 e. The second-order valence-electron chi connectivity index (χ2n) is 4.37. The van der Waals surface area contributed by atoms with Crippen molar-refractivity contribution in [3.05, 3.63) is 18.3 Å². The van der Waals surface area contributed by atoms with Gasteiger partial charge in [0.15, 0.2) is 0 Å². The van der Waals surface area contributed by atoms with Gasteiger partial charge in [-0.1, -0.05) is 0 Å². The Hall–Kier alpha value is -0.990. The van der Waals surface area contributed by atoms with Crippen LogP contribution in [0.5, 0.6) is 0 Å². The van der Waals surface area contributed by atoms with E-state index in [0.29, 0.717) is 30.2 Å². The highest BCUT2D eigenvalue weighted by Gasteiger charge is 2.24. The fraction of sp³-hybridized carbons (Fsp3) is 0.545. The Morgan fingerprint density at radius 1 is 1.32 bits per heavy atom. The molecule has 0 amide bonds. The second-order valence-corrected chi connectivity index (χ2v) is 7.78. The monoisotopic (exact) mass is 303 g/mol. The van der Waals surface area contributed by atoms with Crippen LogP contribution < -0.4 is 10.0 Å². The second kappa shape index (κ2) is 5.98. The summed E-state index contributed by atoms with van der Waals surface area (Å²) >= 11 is 0. The van der Waals surface area contributed by atoms with Crippen LogP contribution in [0.2, 0.25) is 0 Å². The fourth-order valence-corrected chi connectivity index (χ4v) is 4.43. The van der Waals surface area contributed by atoms with E-state index < -0.39 is 20.8 Å². The van der Waals surface area contributed by atoms with Crippen molar-refractivity contribution in [2.75, 3.05) is 23.9 Å². The smallest absolute Gasteiger partial charge is 0.242 e. The van der Waals surface area contributed by atoms with Gasteiger partial charge in [-0.25, -0.2) is 18.1 Å². The highest BCUT2D eigenvalue weighted by Crippen LogP contribution is 2.15. The molecule has 0 radical (unpaired) electrons. The van der Waals surface area contributed by atoms with Gasteiger partial charge in [0, 0.05) is 41.6 Å². The Balaban J connectivity index is 2.06. The van der Waals surface area contributed by atoms with E-state index in [2.05, 4.69) is 15.0 Å². The molecule has 2 rings (SSSR count). The Bertz CT molecular complexity index is 547. The Labute approximate surface area is 115 Å². The molecule has 8 heteroatoms. The van der Waals surface area contributed by atoms with Crippen molar-refractivity contribution >= 4 is 26.6 Å². The summed E-state index contributed by atoms with van der Waals surface area (Å²) < 4.78 is 38.1. The van der Waals surface area contributed by atoms with Gasteiger partial charge in [-0.2, -0.15) is 0 Å². The number of aromatic nitrogens is 1. The molecule has 2 N–H and O–H groups in total. The van der Waals surface area contributed by atoms with E-state index >= 15 is 0 Å². The Morgan fingerprint density at radius 2 is 2.00 bits per heavy atom. The molecular weight excluding hydrogens is 286 g/mol. The molecule has 1 aliphatic rings. The van der Waals surface area contributed by atoms with Gasteiger partial charge in [-0.05, 0) is 25.0 Å². The molecule has 0 aromatic carbocycles. The van der Waals surface area contributed by atoms with Crippen molar-refractivity contribution in [2.24, 2.45) is 0 Å². The summed E-state index contributed by atoms with van der Waals surface area (Å²) in [5.74, 6) is 1.74. The molecule has 2 heterocycles. The average molecular weight is 303 g/mol. The van der Waals surface area contributed by atoms with Crippen molar-refractivity contribution in [1.29, 1.82) is 0 Å². The number of hydrogen-bond acceptors (Lipinski definition) is 5. The minimum atomic E-state index is -3.54. The molecule has 1 aromatic heterocycles. The number of nitrogens with zero attached hydrogens (tertiary/aromatic N) is 1. The third-order valence-electron chi connectivity index (χ3n) is 3.01. The quantitative estimate of drug-likeness (QED) is 0.836. The lowest BCUT2D eigenvalue weighted by Gasteiger charge is -2.22. The normalized spacial score (nSPS) is 24.1. The van der Waals surface area contributed by atoms with Gasteiger partial charge in [0.2, 0.25) is 10.0 Å². The standard InChI is InChI=1S/C11H17N3O3S2/c1-12-11-3-2-10(8-13-11)19(16,17)14-9-4-6-18(15)7-5-9/h2-3,8-9,14H,4-7H2,1H3,(H,12,13). The highest BCUT2D eigenvalue weighted by atomic mass is 32.2. The Kier molecular flexibility index (Phi) is 4.54. The lowest BCUT2D eigenvalue weighted by atomic mass is 10.2. The Morgan fingerprint density at radius 3 is 2.53 bits per heavy atom. The minimum Gasteiger partial charge on any atom is -0.373 e. The lowest BCUT2D eigenvalue weighted by molar-refractivity contribution is 0.521. The predicted octanol–water partition coefficient (Wildman–Crippen LogP) is 0.313. The van der Waals surface area contributed by atoms with E-state index in [-0.39, 0.29) is 10.9 Å². The first kappa shape index (κ1) is 14.4. The van der Waals surface area contributed by atoms with Crippen LogP contribution in [0.15, 0.2) is 23.2 Å². The first-order valence-electron chi connectivity index (χ1n) is 6.02. The molecule has 6 nitrogen and oxygen atoms in total. The average Bonchev–Trinajstić information content (AvgIpc) is 2.41. The molecule has 0 spiro atoms. The predicted molar refractivity (Wildman–Crippen MR) is 75.0 cm³/mol. The third kappa shape index (κ3) is 3.74. The topological polar surface area (TPSA) is 88.2 Å². The summed E-state index contributed by atoms with van der Waals surface area (Å²) in [6, 6.07) is 3.00. The number of anilines is 1. The maximum absolute atomic E-state index is 12.1. The van der Waals surface area contributed by atoms with Crippen LogP contribution in [0, 0.1) is 0 Å². The highest BCUT2D eigenvalue weighted by molar-refractivity contribution is 7.89. The number of nitrogens with one attached hydrogen (secondary N) is 2. The van der Waals surface area contributed by atoms with Gasteiger partial charge in [-0.15, -0.1) is 0 Å². The van der Waals surface area contributed by atoms with Crippen molar-refractivity contribution in [3.8, 4) is 0 Å². The van der Waals surface area contributed by atoms with Crippen LogP contribution in [-0.2, 0) is 20.8 Å². The number of rotatable bonds is 4. The van der Waals surface area contributed by atoms with Gasteiger partial charge >= 0.3 is 0 Å². The minimum absolute atomic E-state index is 0.133. The summed E-state index contributed by atoms with van der Waals surface area (Å²) in [6.07, 6.45) is 2.57. The lowest BCUT2D eigenvalue weighted by Crippen LogP contribution is -2.39. The van der Waals surface area contributed by atoms with Gasteiger partial charge < -0.3 is 5.32 Å². The molecule has 1 aliphatic heterocycles. The molecule has 0 bridgehead atoms. The molecular formula is C11H17N3O3S2. The van der Waals surface area contributed by atoms with E-state index in [9.17, 15) is 12.6 Å². The summed E-state index contributed by atoms with van der Waals surface area (Å²) in [5.41, 5.74) is 0. The first-order chi connectivity index (χ1) is 9.01. The van der Waals surface area contributed by atoms with Gasteiger partial charge in [-0.3, -0.25) is 4.21 Å². The van der Waals surface area contributed by atoms with E-state index in [1.807, 2.05) is 0 Å². The van der Waals surface area contributed by atoms with E-state index in [1.54, 1.807) is 13.1 Å². The van der Waals surface area contributed by atoms with Crippen molar-refractivity contribution in [3.63, 3.8) is 0 Å². The maximum atomic E-state index is 12.1. The molecule has 1 saturated heterocycles. The molecule has 19 heavy (non-hydrogen) atoms. The van der Waals surface area contributed by atoms with Gasteiger partial charge in [0.1, 0.15) is 10.7 Å². The summed E-state index contributed by atoms with van der Waals surface area (Å²) in [4.78, 5) is 4.14. The van der Waals surface area contributed by atoms with E-state index in [0.717, 1.165) is 0 Å². The van der Waals surface area contributed by atoms with Crippen molar-refractivity contribution < 1.29 is 12.6 Å². The van der Waals surface area contributed by atoms with Crippen molar-refractivity contribution in [1.82, 2.24) is 9.71 Å². The van der Waals surface area contributed by atoms with Crippen molar-refractivity contribution in [2.45, 2.75) is 23.8 Å².